The Morgan fingerprint density at radius 3 is 2.65 bits per heavy atom. The monoisotopic (exact) mass is 464 g/mol. The average Bonchev–Trinajstić information content (AvgIpc) is 3.52. The Kier molecular flexibility index (Phi) is 6.44. The van der Waals surface area contributed by atoms with Crippen molar-refractivity contribution in [2.45, 2.75) is 26.9 Å². The third-order valence-electron chi connectivity index (χ3n) is 5.27. The summed E-state index contributed by atoms with van der Waals surface area (Å²) in [7, 11) is 1.26. The Bertz CT molecular complexity index is 1470. The van der Waals surface area contributed by atoms with Crippen LogP contribution >= 0.6 is 0 Å². The molecule has 3 heterocycles. The van der Waals surface area contributed by atoms with Gasteiger partial charge in [-0.2, -0.15) is 10.1 Å². The Balaban J connectivity index is 1.82. The van der Waals surface area contributed by atoms with Crippen LogP contribution in [0.25, 0.3) is 11.5 Å². The van der Waals surface area contributed by atoms with E-state index in [1.54, 1.807) is 25.1 Å². The Labute approximate surface area is 193 Å². The molecule has 4 rings (SSSR count). The first-order valence-electron chi connectivity index (χ1n) is 10.6. The van der Waals surface area contributed by atoms with Crippen molar-refractivity contribution < 1.29 is 13.9 Å². The Morgan fingerprint density at radius 2 is 1.97 bits per heavy atom. The molecule has 4 aromatic rings. The number of hydrogen-bond acceptors (Lipinski definition) is 7. The smallest absolute Gasteiger partial charge is 0.335 e. The second-order valence-corrected chi connectivity index (χ2v) is 7.87. The number of furan rings is 1. The highest BCUT2D eigenvalue weighted by Gasteiger charge is 2.18. The molecule has 0 bridgehead atoms. The van der Waals surface area contributed by atoms with Crippen molar-refractivity contribution in [1.29, 1.82) is 0 Å². The maximum atomic E-state index is 13.4. The Morgan fingerprint density at radius 1 is 1.21 bits per heavy atom. The topological polar surface area (TPSA) is 140 Å². The molecule has 34 heavy (non-hydrogen) atoms. The third kappa shape index (κ3) is 4.82. The van der Waals surface area contributed by atoms with Crippen molar-refractivity contribution in [2.75, 3.05) is 7.11 Å². The van der Waals surface area contributed by atoms with Gasteiger partial charge in [-0.25, -0.2) is 14.2 Å². The van der Waals surface area contributed by atoms with E-state index < -0.39 is 23.3 Å². The molecule has 0 aliphatic carbocycles. The predicted molar refractivity (Wildman–Crippen MR) is 122 cm³/mol. The molecule has 0 aliphatic heterocycles. The van der Waals surface area contributed by atoms with Gasteiger partial charge in [0.05, 0.1) is 25.8 Å². The summed E-state index contributed by atoms with van der Waals surface area (Å²) in [6.07, 6.45) is 1.54. The molecule has 176 valence electrons. The van der Waals surface area contributed by atoms with E-state index in [0.717, 1.165) is 15.7 Å². The lowest BCUT2D eigenvalue weighted by atomic mass is 10.1. The van der Waals surface area contributed by atoms with Gasteiger partial charge in [0, 0.05) is 12.6 Å². The summed E-state index contributed by atoms with van der Waals surface area (Å²) in [5, 5.41) is 6.95. The third-order valence-corrected chi connectivity index (χ3v) is 5.27. The average molecular weight is 464 g/mol. The minimum atomic E-state index is -0.693. The second-order valence-electron chi connectivity index (χ2n) is 7.87. The number of carbonyl (C=O) groups excluding carboxylic acids is 1. The van der Waals surface area contributed by atoms with Gasteiger partial charge in [0.15, 0.2) is 11.6 Å². The van der Waals surface area contributed by atoms with E-state index in [-0.39, 0.29) is 24.5 Å². The van der Waals surface area contributed by atoms with Crippen molar-refractivity contribution in [3.8, 4) is 11.5 Å². The van der Waals surface area contributed by atoms with E-state index in [1.165, 1.54) is 17.9 Å². The van der Waals surface area contributed by atoms with Gasteiger partial charge in [0.1, 0.15) is 5.69 Å². The van der Waals surface area contributed by atoms with Crippen molar-refractivity contribution in [2.24, 2.45) is 10.9 Å². The number of H-pyrrole nitrogens is 2. The van der Waals surface area contributed by atoms with Gasteiger partial charge in [-0.15, -0.1) is 0 Å². The summed E-state index contributed by atoms with van der Waals surface area (Å²) in [5.74, 6) is -0.393. The first-order chi connectivity index (χ1) is 16.4. The summed E-state index contributed by atoms with van der Waals surface area (Å²) >= 11 is 0. The zero-order valence-electron chi connectivity index (χ0n) is 18.9. The molecule has 2 N–H and O–H groups in total. The fourth-order valence-corrected chi connectivity index (χ4v) is 3.41. The summed E-state index contributed by atoms with van der Waals surface area (Å²) in [6, 6.07) is 12.8. The number of aromatic amines is 2. The molecule has 0 fully saturated rings. The number of benzene rings is 1. The van der Waals surface area contributed by atoms with E-state index in [2.05, 4.69) is 20.2 Å². The normalized spacial score (nSPS) is 12.6. The highest BCUT2D eigenvalue weighted by atomic mass is 16.5. The lowest BCUT2D eigenvalue weighted by molar-refractivity contribution is -0.145. The van der Waals surface area contributed by atoms with E-state index in [0.29, 0.717) is 11.5 Å². The lowest BCUT2D eigenvalue weighted by Crippen LogP contribution is -2.51. The van der Waals surface area contributed by atoms with Crippen LogP contribution in [0.4, 0.5) is 5.82 Å². The fourth-order valence-electron chi connectivity index (χ4n) is 3.41. The number of nitrogens with one attached hydrogen (secondary N) is 2. The molecule has 0 saturated heterocycles. The number of aromatic nitrogens is 5. The lowest BCUT2D eigenvalue weighted by Gasteiger charge is -2.13. The van der Waals surface area contributed by atoms with Gasteiger partial charge in [-0.3, -0.25) is 19.4 Å². The minimum absolute atomic E-state index is 0.0232. The van der Waals surface area contributed by atoms with Gasteiger partial charge in [-0.05, 0) is 24.6 Å². The molecular weight excluding hydrogens is 440 g/mol. The number of esters is 1. The van der Waals surface area contributed by atoms with Crippen LogP contribution in [0.2, 0.25) is 0 Å². The summed E-state index contributed by atoms with van der Waals surface area (Å²) < 4.78 is 12.4. The van der Waals surface area contributed by atoms with Crippen LogP contribution in [-0.2, 0) is 22.6 Å². The predicted octanol–water partition coefficient (Wildman–Crippen LogP) is 1.72. The molecule has 11 nitrogen and oxygen atoms in total. The van der Waals surface area contributed by atoms with E-state index in [9.17, 15) is 14.4 Å². The van der Waals surface area contributed by atoms with Crippen LogP contribution in [0.5, 0.6) is 0 Å². The maximum absolute atomic E-state index is 13.4. The number of carbonyl (C=O) groups is 1. The SMILES string of the molecule is COC(=O)[C@@H](C)Cn1c(=O)[nH]/c(=N\c2cc(-c3ccco3)[nH]n2)n(Cc2ccc(C)cc2)c1=O. The minimum Gasteiger partial charge on any atom is -0.469 e. The summed E-state index contributed by atoms with van der Waals surface area (Å²) in [6.45, 7) is 3.56. The van der Waals surface area contributed by atoms with Crippen LogP contribution in [-0.4, -0.2) is 37.4 Å². The van der Waals surface area contributed by atoms with Gasteiger partial charge >= 0.3 is 17.3 Å². The van der Waals surface area contributed by atoms with Crippen LogP contribution in [0.1, 0.15) is 18.1 Å². The number of rotatable bonds is 7. The van der Waals surface area contributed by atoms with Crippen LogP contribution in [0.15, 0.2) is 67.7 Å². The molecular formula is C23H24N6O5. The maximum Gasteiger partial charge on any atom is 0.335 e. The van der Waals surface area contributed by atoms with Crippen molar-refractivity contribution in [1.82, 2.24) is 24.3 Å². The number of nitrogens with zero attached hydrogens (tertiary/aromatic N) is 4. The second kappa shape index (κ2) is 9.61. The van der Waals surface area contributed by atoms with Crippen molar-refractivity contribution >= 4 is 11.8 Å². The molecule has 1 atom stereocenters. The van der Waals surface area contributed by atoms with Gasteiger partial charge in [0.25, 0.3) is 0 Å². The first kappa shape index (κ1) is 22.8. The van der Waals surface area contributed by atoms with E-state index in [1.807, 2.05) is 31.2 Å². The standard InChI is InChI=1S/C23H24N6O5/c1-14-6-8-16(9-7-14)13-28-21(24-19-11-17(26-27-19)18-5-4-10-34-18)25-22(31)29(23(28)32)12-15(2)20(30)33-3/h4-11,15H,12-13H2,1-3H3,(H2,24,25,26,27,31)/t15-/m0/s1. The summed E-state index contributed by atoms with van der Waals surface area (Å²) in [4.78, 5) is 45.0. The molecule has 11 heteroatoms. The van der Waals surface area contributed by atoms with Gasteiger partial charge < -0.3 is 9.15 Å². The largest absolute Gasteiger partial charge is 0.469 e. The highest BCUT2D eigenvalue weighted by Crippen LogP contribution is 2.20. The van der Waals surface area contributed by atoms with Crippen molar-refractivity contribution in [3.63, 3.8) is 0 Å². The van der Waals surface area contributed by atoms with Crippen molar-refractivity contribution in [3.05, 3.63) is 86.4 Å². The molecule has 0 aliphatic rings. The van der Waals surface area contributed by atoms with Gasteiger partial charge in [0.2, 0.25) is 5.62 Å². The Hall–Kier alpha value is -4.41. The molecule has 1 aromatic carbocycles. The fraction of sp³-hybridized carbons (Fsp3) is 0.261. The molecule has 3 aromatic heterocycles. The zero-order valence-corrected chi connectivity index (χ0v) is 18.9. The molecule has 0 unspecified atom stereocenters. The summed E-state index contributed by atoms with van der Waals surface area (Å²) in [5.41, 5.74) is 1.22. The number of ether oxygens (including phenoxy) is 1. The van der Waals surface area contributed by atoms with E-state index in [4.69, 9.17) is 9.15 Å². The molecule has 0 saturated carbocycles. The van der Waals surface area contributed by atoms with Crippen LogP contribution < -0.4 is 17.0 Å². The molecule has 0 radical (unpaired) electrons. The number of aryl methyl sites for hydroxylation is 1. The molecule has 0 amide bonds. The van der Waals surface area contributed by atoms with Crippen LogP contribution in [0, 0.1) is 12.8 Å². The molecule has 0 spiro atoms. The zero-order chi connectivity index (χ0) is 24.2. The first-order valence-corrected chi connectivity index (χ1v) is 10.6. The highest BCUT2D eigenvalue weighted by molar-refractivity contribution is 5.71. The number of methoxy groups -OCH3 is 1. The van der Waals surface area contributed by atoms with E-state index >= 15 is 0 Å². The number of hydrogen-bond donors (Lipinski definition) is 2. The van der Waals surface area contributed by atoms with Crippen LogP contribution in [0.3, 0.4) is 0 Å². The quantitative estimate of drug-likeness (QED) is 0.399. The van der Waals surface area contributed by atoms with Gasteiger partial charge in [-0.1, -0.05) is 36.8 Å².